The van der Waals surface area contributed by atoms with Crippen LogP contribution < -0.4 is 25.0 Å². The Balaban J connectivity index is 1.48. The summed E-state index contributed by atoms with van der Waals surface area (Å²) in [7, 11) is 0. The van der Waals surface area contributed by atoms with Crippen LogP contribution in [0.2, 0.25) is 0 Å². The molecule has 156 valence electrons. The summed E-state index contributed by atoms with van der Waals surface area (Å²) in [5, 5.41) is 7.09. The Hall–Kier alpha value is -3.51. The molecular formula is C25H24N4O2. The first kappa shape index (κ1) is 18.3. The Kier molecular flexibility index (Phi) is 4.50. The second-order valence-electron chi connectivity index (χ2n) is 8.00. The van der Waals surface area contributed by atoms with E-state index in [1.54, 1.807) is 0 Å². The number of fused-ring (bicyclic) bond motifs is 3. The van der Waals surface area contributed by atoms with E-state index in [2.05, 4.69) is 58.0 Å². The third-order valence-corrected chi connectivity index (χ3v) is 6.03. The molecule has 0 aliphatic carbocycles. The van der Waals surface area contributed by atoms with Gasteiger partial charge in [0.1, 0.15) is 0 Å². The Morgan fingerprint density at radius 1 is 0.871 bits per heavy atom. The van der Waals surface area contributed by atoms with Gasteiger partial charge in [-0.1, -0.05) is 24.3 Å². The molecule has 0 bridgehead atoms. The SMILES string of the molecule is c1ccc2c(c1)N=C(Cc1ccc3c(c1)OCO3)c1c(cccc1N1CCNCC1)N2. The van der Waals surface area contributed by atoms with Crippen LogP contribution in [0.15, 0.2) is 65.7 Å². The minimum Gasteiger partial charge on any atom is -0.454 e. The van der Waals surface area contributed by atoms with Crippen LogP contribution in [0.25, 0.3) is 0 Å². The van der Waals surface area contributed by atoms with E-state index in [-0.39, 0.29) is 6.79 Å². The van der Waals surface area contributed by atoms with Crippen LogP contribution in [0.3, 0.4) is 0 Å². The van der Waals surface area contributed by atoms with Crippen LogP contribution >= 0.6 is 0 Å². The van der Waals surface area contributed by atoms with Crippen molar-refractivity contribution in [2.75, 3.05) is 43.2 Å². The highest BCUT2D eigenvalue weighted by molar-refractivity contribution is 6.13. The van der Waals surface area contributed by atoms with Crippen molar-refractivity contribution in [1.29, 1.82) is 0 Å². The summed E-state index contributed by atoms with van der Waals surface area (Å²) in [6.07, 6.45) is 0.711. The summed E-state index contributed by atoms with van der Waals surface area (Å²) in [6.45, 7) is 4.24. The second kappa shape index (κ2) is 7.63. The van der Waals surface area contributed by atoms with Crippen molar-refractivity contribution in [1.82, 2.24) is 5.32 Å². The molecule has 0 radical (unpaired) electrons. The van der Waals surface area contributed by atoms with Crippen molar-refractivity contribution in [2.45, 2.75) is 6.42 Å². The standard InChI is InChI=1S/C25H24N4O2/c1-2-5-19-18(4-1)27-20-6-3-7-22(29-12-10-26-11-13-29)25(20)21(28-19)14-17-8-9-23-24(15-17)31-16-30-23/h1-9,15,26-27H,10-14,16H2. The summed E-state index contributed by atoms with van der Waals surface area (Å²) in [4.78, 5) is 7.63. The molecule has 0 spiro atoms. The van der Waals surface area contributed by atoms with Crippen molar-refractivity contribution < 1.29 is 9.47 Å². The molecule has 1 saturated heterocycles. The van der Waals surface area contributed by atoms with Crippen LogP contribution in [0.5, 0.6) is 11.5 Å². The minimum absolute atomic E-state index is 0.285. The highest BCUT2D eigenvalue weighted by Crippen LogP contribution is 2.39. The summed E-state index contributed by atoms with van der Waals surface area (Å²) in [5.74, 6) is 1.61. The van der Waals surface area contributed by atoms with Gasteiger partial charge in [0.25, 0.3) is 0 Å². The van der Waals surface area contributed by atoms with E-state index in [0.717, 1.165) is 66.0 Å². The smallest absolute Gasteiger partial charge is 0.231 e. The molecule has 3 aliphatic heterocycles. The zero-order valence-corrected chi connectivity index (χ0v) is 17.2. The monoisotopic (exact) mass is 412 g/mol. The largest absolute Gasteiger partial charge is 0.454 e. The van der Waals surface area contributed by atoms with Gasteiger partial charge < -0.3 is 25.0 Å². The van der Waals surface area contributed by atoms with Crippen LogP contribution in [-0.2, 0) is 6.42 Å². The zero-order chi connectivity index (χ0) is 20.6. The summed E-state index contributed by atoms with van der Waals surface area (Å²) >= 11 is 0. The summed E-state index contributed by atoms with van der Waals surface area (Å²) < 4.78 is 11.1. The zero-order valence-electron chi connectivity index (χ0n) is 17.2. The number of para-hydroxylation sites is 2. The Morgan fingerprint density at radius 2 is 1.71 bits per heavy atom. The van der Waals surface area contributed by atoms with Crippen LogP contribution in [-0.4, -0.2) is 38.7 Å². The molecule has 0 saturated carbocycles. The lowest BCUT2D eigenvalue weighted by Crippen LogP contribution is -2.44. The summed E-state index contributed by atoms with van der Waals surface area (Å²) in [5.41, 5.74) is 7.71. The highest BCUT2D eigenvalue weighted by atomic mass is 16.7. The fraction of sp³-hybridized carbons (Fsp3) is 0.240. The van der Waals surface area contributed by atoms with Crippen LogP contribution in [0.1, 0.15) is 11.1 Å². The average Bonchev–Trinajstić information content (AvgIpc) is 3.22. The number of hydrogen-bond acceptors (Lipinski definition) is 6. The summed E-state index contributed by atoms with van der Waals surface area (Å²) in [6, 6.07) is 20.9. The molecule has 3 aromatic rings. The van der Waals surface area contributed by atoms with Gasteiger partial charge in [-0.2, -0.15) is 0 Å². The molecule has 0 aromatic heterocycles. The molecule has 1 fully saturated rings. The van der Waals surface area contributed by atoms with Crippen molar-refractivity contribution in [2.24, 2.45) is 4.99 Å². The van der Waals surface area contributed by atoms with Gasteiger partial charge in [-0.05, 0) is 42.0 Å². The third-order valence-electron chi connectivity index (χ3n) is 6.03. The number of hydrogen-bond donors (Lipinski definition) is 2. The molecule has 0 amide bonds. The Morgan fingerprint density at radius 3 is 2.65 bits per heavy atom. The quantitative estimate of drug-likeness (QED) is 0.674. The maximum absolute atomic E-state index is 5.61. The molecule has 2 N–H and O–H groups in total. The van der Waals surface area contributed by atoms with Gasteiger partial charge in [0, 0.05) is 49.5 Å². The molecule has 3 aliphatic rings. The van der Waals surface area contributed by atoms with Crippen LogP contribution in [0, 0.1) is 0 Å². The second-order valence-corrected chi connectivity index (χ2v) is 8.00. The van der Waals surface area contributed by atoms with Gasteiger partial charge in [0.05, 0.1) is 17.1 Å². The van der Waals surface area contributed by atoms with Gasteiger partial charge in [-0.3, -0.25) is 4.99 Å². The third kappa shape index (κ3) is 3.39. The molecule has 6 heteroatoms. The highest BCUT2D eigenvalue weighted by Gasteiger charge is 2.24. The maximum Gasteiger partial charge on any atom is 0.231 e. The predicted octanol–water partition coefficient (Wildman–Crippen LogP) is 4.25. The molecule has 3 aromatic carbocycles. The minimum atomic E-state index is 0.285. The first-order valence-electron chi connectivity index (χ1n) is 10.8. The first-order valence-corrected chi connectivity index (χ1v) is 10.8. The van der Waals surface area contributed by atoms with Crippen molar-refractivity contribution >= 4 is 28.5 Å². The number of ether oxygens (including phenoxy) is 2. The lowest BCUT2D eigenvalue weighted by molar-refractivity contribution is 0.174. The predicted molar refractivity (Wildman–Crippen MR) is 124 cm³/mol. The van der Waals surface area contributed by atoms with Crippen molar-refractivity contribution in [3.63, 3.8) is 0 Å². The van der Waals surface area contributed by atoms with Gasteiger partial charge in [-0.15, -0.1) is 0 Å². The topological polar surface area (TPSA) is 58.1 Å². The normalized spacial score (nSPS) is 16.6. The van der Waals surface area contributed by atoms with E-state index < -0.39 is 0 Å². The molecule has 6 nitrogen and oxygen atoms in total. The van der Waals surface area contributed by atoms with Crippen LogP contribution in [0.4, 0.5) is 22.7 Å². The van der Waals surface area contributed by atoms with Gasteiger partial charge in [0.2, 0.25) is 6.79 Å². The lowest BCUT2D eigenvalue weighted by atomic mass is 9.97. The number of nitrogens with zero attached hydrogens (tertiary/aromatic N) is 2. The van der Waals surface area contributed by atoms with E-state index in [9.17, 15) is 0 Å². The first-order chi connectivity index (χ1) is 15.3. The average molecular weight is 412 g/mol. The maximum atomic E-state index is 5.61. The van der Waals surface area contributed by atoms with E-state index >= 15 is 0 Å². The molecule has 0 unspecified atom stereocenters. The Bertz CT molecular complexity index is 1170. The van der Waals surface area contributed by atoms with Crippen molar-refractivity contribution in [3.05, 3.63) is 71.8 Å². The van der Waals surface area contributed by atoms with E-state index in [1.165, 1.54) is 11.3 Å². The molecule has 31 heavy (non-hydrogen) atoms. The molecule has 3 heterocycles. The fourth-order valence-electron chi connectivity index (χ4n) is 4.51. The van der Waals surface area contributed by atoms with Gasteiger partial charge in [0.15, 0.2) is 11.5 Å². The van der Waals surface area contributed by atoms with Gasteiger partial charge in [-0.25, -0.2) is 0 Å². The number of benzene rings is 3. The Labute approximate surface area is 181 Å². The lowest BCUT2D eigenvalue weighted by Gasteiger charge is -2.32. The van der Waals surface area contributed by atoms with Gasteiger partial charge >= 0.3 is 0 Å². The van der Waals surface area contributed by atoms with E-state index in [4.69, 9.17) is 14.5 Å². The number of aliphatic imine (C=N–C) groups is 1. The molecule has 0 atom stereocenters. The molecular weight excluding hydrogens is 388 g/mol. The van der Waals surface area contributed by atoms with E-state index in [1.807, 2.05) is 18.2 Å². The number of anilines is 3. The molecule has 6 rings (SSSR count). The van der Waals surface area contributed by atoms with E-state index in [0.29, 0.717) is 6.42 Å². The number of nitrogens with one attached hydrogen (secondary N) is 2. The fourth-order valence-corrected chi connectivity index (χ4v) is 4.51. The number of piperazine rings is 1. The number of rotatable bonds is 3. The van der Waals surface area contributed by atoms with Crippen molar-refractivity contribution in [3.8, 4) is 11.5 Å².